The van der Waals surface area contributed by atoms with Crippen molar-refractivity contribution in [2.75, 3.05) is 12.3 Å². The second kappa shape index (κ2) is 17.2. The quantitative estimate of drug-likeness (QED) is 0.154. The molecule has 0 saturated carbocycles. The molecular weight excluding hydrogens is 484 g/mol. The van der Waals surface area contributed by atoms with Crippen LogP contribution in [0.15, 0.2) is 73.4 Å². The van der Waals surface area contributed by atoms with Crippen molar-refractivity contribution < 1.29 is 15.0 Å². The van der Waals surface area contributed by atoms with Gasteiger partial charge in [-0.25, -0.2) is 0 Å². The zero-order chi connectivity index (χ0) is 31.1. The fraction of sp³-hybridized carbons (Fsp3) is 0.441. The number of aromatic hydroxyl groups is 2. The van der Waals surface area contributed by atoms with Gasteiger partial charge in [-0.15, -0.1) is 6.58 Å². The smallest absolute Gasteiger partial charge is 0.249 e. The number of nitrogens with zero attached hydrogens (tertiary/aromatic N) is 1. The van der Waals surface area contributed by atoms with Crippen molar-refractivity contribution in [1.29, 1.82) is 0 Å². The third-order valence-corrected chi connectivity index (χ3v) is 5.57. The molecule has 39 heavy (non-hydrogen) atoms. The van der Waals surface area contributed by atoms with E-state index in [9.17, 15) is 4.79 Å². The molecule has 0 radical (unpaired) electrons. The van der Waals surface area contributed by atoms with E-state index in [2.05, 4.69) is 85.5 Å². The first-order chi connectivity index (χ1) is 17.8. The number of nitrogens with two attached hydrogens (primary N) is 1. The first kappa shape index (κ1) is 37.7. The van der Waals surface area contributed by atoms with Gasteiger partial charge >= 0.3 is 0 Å². The van der Waals surface area contributed by atoms with Crippen molar-refractivity contribution >= 4 is 11.6 Å². The van der Waals surface area contributed by atoms with Crippen molar-refractivity contribution in [3.05, 3.63) is 90.0 Å². The monoisotopic (exact) mass is 538 g/mol. The topological polar surface area (TPSA) is 86.8 Å². The van der Waals surface area contributed by atoms with E-state index in [-0.39, 0.29) is 33.9 Å². The van der Waals surface area contributed by atoms with Crippen LogP contribution < -0.4 is 5.73 Å². The minimum Gasteiger partial charge on any atom is -0.506 e. The van der Waals surface area contributed by atoms with Crippen LogP contribution in [0.25, 0.3) is 0 Å². The Morgan fingerprint density at radius 3 is 1.72 bits per heavy atom. The first-order valence-corrected chi connectivity index (χ1v) is 13.4. The van der Waals surface area contributed by atoms with Gasteiger partial charge in [-0.1, -0.05) is 104 Å². The number of phenolic OH excluding ortho intramolecular Hbond substituents is 2. The molecule has 2 aromatic carbocycles. The minimum atomic E-state index is -0.0718. The molecule has 0 spiro atoms. The molecule has 0 bridgehead atoms. The average Bonchev–Trinajstić information content (AvgIpc) is 2.82. The Bertz CT molecular complexity index is 1050. The number of hydrogen-bond acceptors (Lipinski definition) is 4. The number of aryl methyl sites for hydroxylation is 1. The van der Waals surface area contributed by atoms with Gasteiger partial charge in [0.1, 0.15) is 17.2 Å². The number of anilines is 1. The van der Waals surface area contributed by atoms with Crippen molar-refractivity contribution in [1.82, 2.24) is 4.90 Å². The molecule has 0 fully saturated rings. The normalized spacial score (nSPS) is 10.3. The Labute approximate surface area is 238 Å². The van der Waals surface area contributed by atoms with E-state index in [1.54, 1.807) is 19.9 Å². The highest BCUT2D eigenvalue weighted by molar-refractivity contribution is 5.92. The molecule has 5 nitrogen and oxygen atoms in total. The van der Waals surface area contributed by atoms with Gasteiger partial charge in [0.2, 0.25) is 5.91 Å². The molecule has 4 N–H and O–H groups in total. The summed E-state index contributed by atoms with van der Waals surface area (Å²) in [6.45, 7) is 34.9. The number of hydrogen-bond donors (Lipinski definition) is 3. The van der Waals surface area contributed by atoms with Crippen LogP contribution in [0.4, 0.5) is 5.69 Å². The molecule has 2 aromatic rings. The second-order valence-corrected chi connectivity index (χ2v) is 11.4. The molecule has 0 saturated heterocycles. The molecule has 0 aliphatic rings. The number of phenols is 2. The summed E-state index contributed by atoms with van der Waals surface area (Å²) in [5.41, 5.74) is 10.2. The predicted octanol–water partition coefficient (Wildman–Crippen LogP) is 8.70. The van der Waals surface area contributed by atoms with Gasteiger partial charge in [0.25, 0.3) is 0 Å². The van der Waals surface area contributed by atoms with Crippen molar-refractivity contribution in [3.8, 4) is 11.5 Å². The number of carbonyl (C=O) groups is 1. The molecule has 0 unspecified atom stereocenters. The zero-order valence-electron chi connectivity index (χ0n) is 26.4. The lowest BCUT2D eigenvalue weighted by molar-refractivity contribution is -0.127. The van der Waals surface area contributed by atoms with Gasteiger partial charge in [-0.3, -0.25) is 4.79 Å². The first-order valence-electron chi connectivity index (χ1n) is 13.4. The van der Waals surface area contributed by atoms with E-state index >= 15 is 0 Å². The summed E-state index contributed by atoms with van der Waals surface area (Å²) in [6.07, 6.45) is 1.75. The maximum Gasteiger partial charge on any atom is 0.249 e. The molecule has 0 aliphatic heterocycles. The van der Waals surface area contributed by atoms with Crippen LogP contribution in [0.2, 0.25) is 0 Å². The van der Waals surface area contributed by atoms with Crippen LogP contribution in [0.3, 0.4) is 0 Å². The summed E-state index contributed by atoms with van der Waals surface area (Å²) in [6, 6.07) is 11.5. The van der Waals surface area contributed by atoms with Gasteiger partial charge in [-0.05, 0) is 60.4 Å². The van der Waals surface area contributed by atoms with E-state index in [4.69, 9.17) is 15.9 Å². The maximum absolute atomic E-state index is 12.5. The van der Waals surface area contributed by atoms with Gasteiger partial charge < -0.3 is 20.8 Å². The fourth-order valence-corrected chi connectivity index (χ4v) is 3.03. The van der Waals surface area contributed by atoms with Gasteiger partial charge in [-0.2, -0.15) is 0 Å². The van der Waals surface area contributed by atoms with Crippen LogP contribution >= 0.6 is 0 Å². The standard InChI is InChI=1S/C22H33NO.C7H9NO2.C3H6.C2H6/c1-16(2)20(24)23(14-17(3)21(4,5)6)15-18-10-12-19(13-11-18)22(7,8)9;1-4-2-5(9)7(8)6(10)3-4;1-3-2;1-2/h10-13H,1,3,14-15H2,2,4-9H3;2-3,9-10H,8H2,1H3;3H,1H2,2H3;1-2H3. The Balaban J connectivity index is 0. The summed E-state index contributed by atoms with van der Waals surface area (Å²) < 4.78 is 0. The van der Waals surface area contributed by atoms with E-state index in [0.29, 0.717) is 18.7 Å². The maximum atomic E-state index is 12.5. The van der Waals surface area contributed by atoms with Gasteiger partial charge in [0, 0.05) is 18.7 Å². The van der Waals surface area contributed by atoms with Crippen molar-refractivity contribution in [2.45, 2.75) is 88.1 Å². The molecular formula is C34H54N2O3. The Morgan fingerprint density at radius 1 is 0.974 bits per heavy atom. The number of benzene rings is 2. The summed E-state index contributed by atoms with van der Waals surface area (Å²) >= 11 is 0. The lowest BCUT2D eigenvalue weighted by atomic mass is 9.86. The summed E-state index contributed by atoms with van der Waals surface area (Å²) in [5, 5.41) is 18.0. The molecule has 2 rings (SSSR count). The Kier molecular flexibility index (Phi) is 16.6. The van der Waals surface area contributed by atoms with E-state index in [0.717, 1.165) is 16.7 Å². The third-order valence-electron chi connectivity index (χ3n) is 5.57. The Hall–Kier alpha value is -3.47. The second-order valence-electron chi connectivity index (χ2n) is 11.4. The minimum absolute atomic E-state index is 0.0136. The number of rotatable bonds is 5. The molecule has 0 heterocycles. The molecule has 5 heteroatoms. The van der Waals surface area contributed by atoms with Crippen molar-refractivity contribution in [2.24, 2.45) is 5.41 Å². The summed E-state index contributed by atoms with van der Waals surface area (Å²) in [7, 11) is 0. The van der Waals surface area contributed by atoms with Crippen LogP contribution in [-0.4, -0.2) is 27.6 Å². The molecule has 0 atom stereocenters. The Morgan fingerprint density at radius 2 is 1.38 bits per heavy atom. The summed E-state index contributed by atoms with van der Waals surface area (Å²) in [5.74, 6) is -0.157. The number of carbonyl (C=O) groups excluding carboxylic acids is 1. The average molecular weight is 539 g/mol. The molecule has 0 aliphatic carbocycles. The van der Waals surface area contributed by atoms with E-state index in [1.807, 2.05) is 25.7 Å². The largest absolute Gasteiger partial charge is 0.506 e. The highest BCUT2D eigenvalue weighted by atomic mass is 16.3. The highest BCUT2D eigenvalue weighted by Crippen LogP contribution is 2.30. The van der Waals surface area contributed by atoms with Crippen LogP contribution in [0, 0.1) is 12.3 Å². The van der Waals surface area contributed by atoms with Crippen LogP contribution in [0.5, 0.6) is 11.5 Å². The van der Waals surface area contributed by atoms with Gasteiger partial charge in [0.05, 0.1) is 0 Å². The lowest BCUT2D eigenvalue weighted by Crippen LogP contribution is -2.34. The van der Waals surface area contributed by atoms with Crippen LogP contribution in [-0.2, 0) is 16.8 Å². The highest BCUT2D eigenvalue weighted by Gasteiger charge is 2.22. The predicted molar refractivity (Wildman–Crippen MR) is 170 cm³/mol. The molecule has 0 aromatic heterocycles. The SMILES string of the molecule is C=C(C)C(=O)N(CC(=C)C(C)(C)C)Cc1ccc(C(C)(C)C)cc1.C=CC.CC.Cc1cc(O)c(N)c(O)c1. The van der Waals surface area contributed by atoms with Gasteiger partial charge in [0.15, 0.2) is 0 Å². The number of amides is 1. The summed E-state index contributed by atoms with van der Waals surface area (Å²) in [4.78, 5) is 14.4. The van der Waals surface area contributed by atoms with E-state index in [1.165, 1.54) is 17.7 Å². The third kappa shape index (κ3) is 14.3. The fourth-order valence-electron chi connectivity index (χ4n) is 3.03. The molecule has 1 amide bonds. The number of allylic oxidation sites excluding steroid dienone is 1. The van der Waals surface area contributed by atoms with E-state index < -0.39 is 0 Å². The van der Waals surface area contributed by atoms with Crippen molar-refractivity contribution in [3.63, 3.8) is 0 Å². The number of nitrogen functional groups attached to an aromatic ring is 1. The van der Waals surface area contributed by atoms with Crippen LogP contribution in [0.1, 0.15) is 85.9 Å². The molecule has 218 valence electrons. The zero-order valence-corrected chi connectivity index (χ0v) is 26.4. The lowest BCUT2D eigenvalue weighted by Gasteiger charge is -2.30.